The van der Waals surface area contributed by atoms with Gasteiger partial charge in [-0.2, -0.15) is 0 Å². The number of aliphatic imine (C=N–C) groups is 1. The number of nitrogens with zero attached hydrogens (tertiary/aromatic N) is 1. The summed E-state index contributed by atoms with van der Waals surface area (Å²) in [4.78, 5) is 4.41. The Morgan fingerprint density at radius 3 is 3.23 bits per heavy atom. The molecule has 2 aliphatic rings. The molecular weight excluding hydrogens is 184 g/mol. The van der Waals surface area contributed by atoms with Crippen LogP contribution in [0.5, 0.6) is 0 Å². The quantitative estimate of drug-likeness (QED) is 0.725. The molecule has 0 aliphatic carbocycles. The van der Waals surface area contributed by atoms with Gasteiger partial charge in [-0.1, -0.05) is 18.7 Å². The summed E-state index contributed by atoms with van der Waals surface area (Å²) in [6.07, 6.45) is 1.19. The van der Waals surface area contributed by atoms with Crippen molar-refractivity contribution >= 4 is 16.9 Å². The molecule has 2 unspecified atom stereocenters. The lowest BCUT2D eigenvalue weighted by Gasteiger charge is -2.09. The summed E-state index contributed by atoms with van der Waals surface area (Å²) < 4.78 is 5.31. The van der Waals surface area contributed by atoms with Gasteiger partial charge in [0.1, 0.15) is 0 Å². The van der Waals surface area contributed by atoms with Gasteiger partial charge in [0.2, 0.25) is 0 Å². The molecule has 0 aromatic carbocycles. The summed E-state index contributed by atoms with van der Waals surface area (Å²) in [5.41, 5.74) is 0. The van der Waals surface area contributed by atoms with E-state index in [4.69, 9.17) is 4.74 Å². The van der Waals surface area contributed by atoms with Crippen molar-refractivity contribution in [2.45, 2.75) is 18.6 Å². The van der Waals surface area contributed by atoms with E-state index in [-0.39, 0.29) is 0 Å². The average molecular weight is 200 g/mol. The molecule has 0 aromatic rings. The monoisotopic (exact) mass is 200 g/mol. The van der Waals surface area contributed by atoms with E-state index >= 15 is 0 Å². The number of ether oxygens (including phenoxy) is 1. The predicted octanol–water partition coefficient (Wildman–Crippen LogP) is 1.10. The second-order valence-corrected chi connectivity index (χ2v) is 5.11. The molecular formula is C9H16N2OS. The second kappa shape index (κ2) is 4.33. The zero-order chi connectivity index (χ0) is 9.10. The van der Waals surface area contributed by atoms with Crippen LogP contribution in [0.4, 0.5) is 0 Å². The summed E-state index contributed by atoms with van der Waals surface area (Å²) in [7, 11) is 0. The fourth-order valence-electron chi connectivity index (χ4n) is 1.55. The SMILES string of the molecule is CC1CN=C(NCC2CCOC2)S1. The lowest BCUT2D eigenvalue weighted by atomic mass is 10.1. The Morgan fingerprint density at radius 1 is 1.69 bits per heavy atom. The molecule has 2 atom stereocenters. The summed E-state index contributed by atoms with van der Waals surface area (Å²) in [6, 6.07) is 0. The molecule has 0 aromatic heterocycles. The number of rotatable bonds is 2. The molecule has 1 fully saturated rings. The fraction of sp³-hybridized carbons (Fsp3) is 0.889. The third kappa shape index (κ3) is 2.61. The van der Waals surface area contributed by atoms with Gasteiger partial charge in [-0.3, -0.25) is 4.99 Å². The predicted molar refractivity (Wildman–Crippen MR) is 56.3 cm³/mol. The van der Waals surface area contributed by atoms with E-state index < -0.39 is 0 Å². The zero-order valence-corrected chi connectivity index (χ0v) is 8.77. The Bertz CT molecular complexity index is 202. The molecule has 0 amide bonds. The molecule has 1 N–H and O–H groups in total. The van der Waals surface area contributed by atoms with Crippen LogP contribution in [0.1, 0.15) is 13.3 Å². The van der Waals surface area contributed by atoms with Crippen LogP contribution in [0.3, 0.4) is 0 Å². The number of thioether (sulfide) groups is 1. The largest absolute Gasteiger partial charge is 0.381 e. The highest BCUT2D eigenvalue weighted by atomic mass is 32.2. The van der Waals surface area contributed by atoms with Crippen LogP contribution in [0.15, 0.2) is 4.99 Å². The van der Waals surface area contributed by atoms with E-state index in [0.29, 0.717) is 11.2 Å². The van der Waals surface area contributed by atoms with Gasteiger partial charge in [0.25, 0.3) is 0 Å². The van der Waals surface area contributed by atoms with Crippen molar-refractivity contribution in [1.29, 1.82) is 0 Å². The Labute approximate surface area is 83.3 Å². The third-order valence-corrected chi connectivity index (χ3v) is 3.42. The first-order valence-electron chi connectivity index (χ1n) is 4.87. The summed E-state index contributed by atoms with van der Waals surface area (Å²) in [6.45, 7) is 6.05. The molecule has 13 heavy (non-hydrogen) atoms. The van der Waals surface area contributed by atoms with Crippen LogP contribution < -0.4 is 5.32 Å². The summed E-state index contributed by atoms with van der Waals surface area (Å²) in [5.74, 6) is 0.694. The number of nitrogens with one attached hydrogen (secondary N) is 1. The Hall–Kier alpha value is -0.220. The normalized spacial score (nSPS) is 33.5. The van der Waals surface area contributed by atoms with Gasteiger partial charge in [0, 0.05) is 24.3 Å². The first-order chi connectivity index (χ1) is 6.34. The van der Waals surface area contributed by atoms with E-state index in [1.165, 1.54) is 6.42 Å². The maximum absolute atomic E-state index is 5.31. The Balaban J connectivity index is 1.67. The van der Waals surface area contributed by atoms with Crippen molar-refractivity contribution in [3.63, 3.8) is 0 Å². The maximum atomic E-state index is 5.31. The molecule has 3 nitrogen and oxygen atoms in total. The van der Waals surface area contributed by atoms with Gasteiger partial charge in [0.05, 0.1) is 13.2 Å². The standard InChI is InChI=1S/C9H16N2OS/c1-7-4-10-9(13-7)11-5-8-2-3-12-6-8/h7-8H,2-6H2,1H3,(H,10,11). The molecule has 1 saturated heterocycles. The van der Waals surface area contributed by atoms with Gasteiger partial charge in [-0.25, -0.2) is 0 Å². The highest BCUT2D eigenvalue weighted by Gasteiger charge is 2.18. The minimum atomic E-state index is 0.655. The first-order valence-corrected chi connectivity index (χ1v) is 5.75. The third-order valence-electron chi connectivity index (χ3n) is 2.37. The van der Waals surface area contributed by atoms with Crippen LogP contribution in [-0.2, 0) is 4.74 Å². The lowest BCUT2D eigenvalue weighted by Crippen LogP contribution is -2.26. The topological polar surface area (TPSA) is 33.6 Å². The average Bonchev–Trinajstić information content (AvgIpc) is 2.71. The van der Waals surface area contributed by atoms with Crippen LogP contribution >= 0.6 is 11.8 Å². The van der Waals surface area contributed by atoms with E-state index in [0.717, 1.165) is 31.5 Å². The van der Waals surface area contributed by atoms with Gasteiger partial charge in [-0.15, -0.1) is 0 Å². The summed E-state index contributed by atoms with van der Waals surface area (Å²) in [5, 5.41) is 5.17. The van der Waals surface area contributed by atoms with Crippen LogP contribution in [0, 0.1) is 5.92 Å². The zero-order valence-electron chi connectivity index (χ0n) is 7.95. The van der Waals surface area contributed by atoms with E-state index in [1.807, 2.05) is 11.8 Å². The molecule has 2 rings (SSSR count). The Kier molecular flexibility index (Phi) is 3.11. The number of hydrogen-bond acceptors (Lipinski definition) is 4. The van der Waals surface area contributed by atoms with Crippen molar-refractivity contribution in [3.05, 3.63) is 0 Å². The smallest absolute Gasteiger partial charge is 0.156 e. The second-order valence-electron chi connectivity index (χ2n) is 3.68. The van der Waals surface area contributed by atoms with Crippen molar-refractivity contribution < 1.29 is 4.74 Å². The Morgan fingerprint density at radius 2 is 2.62 bits per heavy atom. The van der Waals surface area contributed by atoms with Crippen LogP contribution in [0.25, 0.3) is 0 Å². The minimum Gasteiger partial charge on any atom is -0.381 e. The molecule has 4 heteroatoms. The molecule has 0 radical (unpaired) electrons. The van der Waals surface area contributed by atoms with Gasteiger partial charge < -0.3 is 10.1 Å². The van der Waals surface area contributed by atoms with Crippen molar-refractivity contribution in [1.82, 2.24) is 5.32 Å². The molecule has 0 bridgehead atoms. The van der Waals surface area contributed by atoms with Gasteiger partial charge >= 0.3 is 0 Å². The van der Waals surface area contributed by atoms with E-state index in [1.54, 1.807) is 0 Å². The highest BCUT2D eigenvalue weighted by Crippen LogP contribution is 2.19. The van der Waals surface area contributed by atoms with Gasteiger partial charge in [0.15, 0.2) is 5.17 Å². The van der Waals surface area contributed by atoms with E-state index in [2.05, 4.69) is 17.2 Å². The van der Waals surface area contributed by atoms with Crippen molar-refractivity contribution in [2.75, 3.05) is 26.3 Å². The lowest BCUT2D eigenvalue weighted by molar-refractivity contribution is 0.186. The number of amidine groups is 1. The maximum Gasteiger partial charge on any atom is 0.156 e. The van der Waals surface area contributed by atoms with Crippen molar-refractivity contribution in [2.24, 2.45) is 10.9 Å². The molecule has 2 aliphatic heterocycles. The summed E-state index contributed by atoms with van der Waals surface area (Å²) >= 11 is 1.85. The number of hydrogen-bond donors (Lipinski definition) is 1. The molecule has 74 valence electrons. The fourth-order valence-corrected chi connectivity index (χ4v) is 2.40. The van der Waals surface area contributed by atoms with Crippen LogP contribution in [-0.4, -0.2) is 36.7 Å². The van der Waals surface area contributed by atoms with E-state index in [9.17, 15) is 0 Å². The molecule has 2 heterocycles. The molecule has 0 spiro atoms. The highest BCUT2D eigenvalue weighted by molar-refractivity contribution is 8.14. The van der Waals surface area contributed by atoms with Crippen molar-refractivity contribution in [3.8, 4) is 0 Å². The van der Waals surface area contributed by atoms with Crippen LogP contribution in [0.2, 0.25) is 0 Å². The minimum absolute atomic E-state index is 0.655. The van der Waals surface area contributed by atoms with Gasteiger partial charge in [-0.05, 0) is 6.42 Å². The first kappa shape index (κ1) is 9.34. The molecule has 0 saturated carbocycles.